The van der Waals surface area contributed by atoms with Crippen molar-refractivity contribution in [1.82, 2.24) is 9.97 Å². The Morgan fingerprint density at radius 2 is 2.15 bits per heavy atom. The van der Waals surface area contributed by atoms with E-state index in [0.717, 1.165) is 33.7 Å². The summed E-state index contributed by atoms with van der Waals surface area (Å²) < 4.78 is 6.14. The minimum atomic E-state index is 0.205. The van der Waals surface area contributed by atoms with Crippen LogP contribution in [0.25, 0.3) is 11.3 Å². The number of nitrogens with two attached hydrogens (primary N) is 1. The molecule has 4 nitrogen and oxygen atoms in total. The fourth-order valence-electron chi connectivity index (χ4n) is 2.01. The van der Waals surface area contributed by atoms with E-state index in [9.17, 15) is 0 Å². The molecule has 0 aliphatic rings. The summed E-state index contributed by atoms with van der Waals surface area (Å²) in [4.78, 5) is 8.96. The van der Waals surface area contributed by atoms with Gasteiger partial charge in [0.2, 0.25) is 0 Å². The molecule has 1 aromatic carbocycles. The van der Waals surface area contributed by atoms with Gasteiger partial charge in [0, 0.05) is 24.2 Å². The minimum Gasteiger partial charge on any atom is -0.496 e. The standard InChI is InChI=1S/C15H18BrN3O/c1-3-10(9-17)15-18-7-6-13(19-15)11-4-5-14(20-2)12(16)8-11/h4-8,10H,3,9,17H2,1-2H3. The Labute approximate surface area is 127 Å². The van der Waals surface area contributed by atoms with E-state index in [2.05, 4.69) is 32.8 Å². The molecular formula is C15H18BrN3O. The first-order chi connectivity index (χ1) is 9.69. The van der Waals surface area contributed by atoms with Crippen molar-refractivity contribution < 1.29 is 4.74 Å². The van der Waals surface area contributed by atoms with Crippen LogP contribution in [0.15, 0.2) is 34.9 Å². The molecule has 0 aliphatic carbocycles. The number of halogens is 1. The first kappa shape index (κ1) is 14.9. The van der Waals surface area contributed by atoms with Gasteiger partial charge in [-0.3, -0.25) is 0 Å². The molecule has 0 bridgehead atoms. The molecule has 5 heteroatoms. The largest absolute Gasteiger partial charge is 0.496 e. The third kappa shape index (κ3) is 3.16. The molecule has 2 N–H and O–H groups in total. The van der Waals surface area contributed by atoms with Crippen molar-refractivity contribution in [3.8, 4) is 17.0 Å². The zero-order valence-corrected chi connectivity index (χ0v) is 13.2. The van der Waals surface area contributed by atoms with Crippen LogP contribution < -0.4 is 10.5 Å². The van der Waals surface area contributed by atoms with Crippen LogP contribution in [0.3, 0.4) is 0 Å². The summed E-state index contributed by atoms with van der Waals surface area (Å²) >= 11 is 3.49. The third-order valence-corrected chi connectivity index (χ3v) is 3.88. The Bertz CT molecular complexity index is 585. The first-order valence-corrected chi connectivity index (χ1v) is 7.35. The van der Waals surface area contributed by atoms with Crippen LogP contribution in [0.4, 0.5) is 0 Å². The van der Waals surface area contributed by atoms with Crippen molar-refractivity contribution >= 4 is 15.9 Å². The number of rotatable bonds is 5. The molecule has 1 atom stereocenters. The summed E-state index contributed by atoms with van der Waals surface area (Å²) in [5.41, 5.74) is 7.68. The first-order valence-electron chi connectivity index (χ1n) is 6.56. The van der Waals surface area contributed by atoms with E-state index < -0.39 is 0 Å². The van der Waals surface area contributed by atoms with Gasteiger partial charge in [-0.25, -0.2) is 9.97 Å². The summed E-state index contributed by atoms with van der Waals surface area (Å²) in [5.74, 6) is 1.81. The number of hydrogen-bond acceptors (Lipinski definition) is 4. The molecule has 106 valence electrons. The summed E-state index contributed by atoms with van der Waals surface area (Å²) in [7, 11) is 1.65. The van der Waals surface area contributed by atoms with Gasteiger partial charge < -0.3 is 10.5 Å². The molecule has 0 radical (unpaired) electrons. The van der Waals surface area contributed by atoms with E-state index >= 15 is 0 Å². The lowest BCUT2D eigenvalue weighted by Crippen LogP contribution is -2.14. The van der Waals surface area contributed by atoms with Gasteiger partial charge in [-0.1, -0.05) is 6.92 Å². The highest BCUT2D eigenvalue weighted by Crippen LogP contribution is 2.30. The number of ether oxygens (including phenoxy) is 1. The molecule has 0 amide bonds. The van der Waals surface area contributed by atoms with Crippen molar-refractivity contribution in [3.05, 3.63) is 40.8 Å². The monoisotopic (exact) mass is 335 g/mol. The SMILES string of the molecule is CCC(CN)c1nccc(-c2ccc(OC)c(Br)c2)n1. The summed E-state index contributed by atoms with van der Waals surface area (Å²) in [6, 6.07) is 7.80. The Hall–Kier alpha value is -1.46. The van der Waals surface area contributed by atoms with E-state index in [0.29, 0.717) is 6.54 Å². The number of aromatic nitrogens is 2. The van der Waals surface area contributed by atoms with Gasteiger partial charge in [-0.2, -0.15) is 0 Å². The lowest BCUT2D eigenvalue weighted by atomic mass is 10.1. The van der Waals surface area contributed by atoms with Crippen LogP contribution >= 0.6 is 15.9 Å². The minimum absolute atomic E-state index is 0.205. The maximum absolute atomic E-state index is 5.76. The Kier molecular flexibility index (Phi) is 5.09. The van der Waals surface area contributed by atoms with Crippen molar-refractivity contribution in [3.63, 3.8) is 0 Å². The molecule has 1 aromatic heterocycles. The third-order valence-electron chi connectivity index (χ3n) is 3.26. The average Bonchev–Trinajstić information content (AvgIpc) is 2.49. The van der Waals surface area contributed by atoms with Crippen LogP contribution in [-0.4, -0.2) is 23.6 Å². The maximum atomic E-state index is 5.76. The smallest absolute Gasteiger partial charge is 0.133 e. The van der Waals surface area contributed by atoms with E-state index in [1.807, 2.05) is 24.3 Å². The van der Waals surface area contributed by atoms with Gasteiger partial charge in [0.05, 0.1) is 17.3 Å². The van der Waals surface area contributed by atoms with E-state index in [1.54, 1.807) is 13.3 Å². The zero-order chi connectivity index (χ0) is 14.5. The molecule has 1 unspecified atom stereocenters. The second kappa shape index (κ2) is 6.81. The van der Waals surface area contributed by atoms with Crippen LogP contribution in [-0.2, 0) is 0 Å². The summed E-state index contributed by atoms with van der Waals surface area (Å²) in [6.07, 6.45) is 2.72. The molecule has 0 saturated heterocycles. The number of benzene rings is 1. The highest BCUT2D eigenvalue weighted by Gasteiger charge is 2.12. The second-order valence-electron chi connectivity index (χ2n) is 4.49. The van der Waals surface area contributed by atoms with Crippen LogP contribution in [0, 0.1) is 0 Å². The van der Waals surface area contributed by atoms with Crippen molar-refractivity contribution in [2.45, 2.75) is 19.3 Å². The molecule has 1 heterocycles. The quantitative estimate of drug-likeness (QED) is 0.909. The predicted molar refractivity (Wildman–Crippen MR) is 83.8 cm³/mol. The summed E-state index contributed by atoms with van der Waals surface area (Å²) in [5, 5.41) is 0. The molecule has 0 fully saturated rings. The van der Waals surface area contributed by atoms with Gasteiger partial charge in [-0.15, -0.1) is 0 Å². The highest BCUT2D eigenvalue weighted by atomic mass is 79.9. The maximum Gasteiger partial charge on any atom is 0.133 e. The lowest BCUT2D eigenvalue weighted by molar-refractivity contribution is 0.412. The van der Waals surface area contributed by atoms with Crippen LogP contribution in [0.1, 0.15) is 25.1 Å². The topological polar surface area (TPSA) is 61.0 Å². The summed E-state index contributed by atoms with van der Waals surface area (Å²) in [6.45, 7) is 2.66. The Morgan fingerprint density at radius 1 is 1.35 bits per heavy atom. The van der Waals surface area contributed by atoms with E-state index in [4.69, 9.17) is 10.5 Å². The Balaban J connectivity index is 2.38. The number of nitrogens with zero attached hydrogens (tertiary/aromatic N) is 2. The van der Waals surface area contributed by atoms with Gasteiger partial charge >= 0.3 is 0 Å². The number of methoxy groups -OCH3 is 1. The molecule has 0 aliphatic heterocycles. The number of hydrogen-bond donors (Lipinski definition) is 1. The zero-order valence-electron chi connectivity index (χ0n) is 11.6. The predicted octanol–water partition coefficient (Wildman–Crippen LogP) is 3.37. The fourth-order valence-corrected chi connectivity index (χ4v) is 2.55. The van der Waals surface area contributed by atoms with Crippen molar-refractivity contribution in [2.24, 2.45) is 5.73 Å². The molecule has 2 rings (SSSR count). The van der Waals surface area contributed by atoms with E-state index in [-0.39, 0.29) is 5.92 Å². The lowest BCUT2D eigenvalue weighted by Gasteiger charge is -2.12. The van der Waals surface area contributed by atoms with Crippen LogP contribution in [0.5, 0.6) is 5.75 Å². The molecule has 20 heavy (non-hydrogen) atoms. The van der Waals surface area contributed by atoms with Gasteiger partial charge in [0.1, 0.15) is 11.6 Å². The van der Waals surface area contributed by atoms with E-state index in [1.165, 1.54) is 0 Å². The molecule has 0 saturated carbocycles. The molecular weight excluding hydrogens is 318 g/mol. The second-order valence-corrected chi connectivity index (χ2v) is 5.34. The van der Waals surface area contributed by atoms with Gasteiger partial charge in [0.25, 0.3) is 0 Å². The van der Waals surface area contributed by atoms with Crippen molar-refractivity contribution in [2.75, 3.05) is 13.7 Å². The highest BCUT2D eigenvalue weighted by molar-refractivity contribution is 9.10. The average molecular weight is 336 g/mol. The molecule has 2 aromatic rings. The fraction of sp³-hybridized carbons (Fsp3) is 0.333. The molecule has 0 spiro atoms. The van der Waals surface area contributed by atoms with Gasteiger partial charge in [0.15, 0.2) is 0 Å². The van der Waals surface area contributed by atoms with Crippen LogP contribution in [0.2, 0.25) is 0 Å². The van der Waals surface area contributed by atoms with Gasteiger partial charge in [-0.05, 0) is 46.6 Å². The Morgan fingerprint density at radius 3 is 2.75 bits per heavy atom. The normalized spacial score (nSPS) is 12.2. The van der Waals surface area contributed by atoms with Crippen molar-refractivity contribution in [1.29, 1.82) is 0 Å².